The Balaban J connectivity index is 1.98. The molecule has 25 heavy (non-hydrogen) atoms. The van der Waals surface area contributed by atoms with E-state index in [4.69, 9.17) is 4.42 Å². The van der Waals surface area contributed by atoms with Crippen molar-refractivity contribution in [3.63, 3.8) is 0 Å². The Hall–Kier alpha value is -3.09. The number of halogens is 1. The Kier molecular flexibility index (Phi) is 4.56. The third-order valence-electron chi connectivity index (χ3n) is 3.89. The SMILES string of the molecule is CCc1c(F)cc2nc(/C=C/c3ccc([N+](=O)[O-])o3)n[c]c2c1CC. The van der Waals surface area contributed by atoms with E-state index in [0.717, 1.165) is 5.56 Å². The van der Waals surface area contributed by atoms with Gasteiger partial charge in [0.2, 0.25) is 0 Å². The molecule has 0 bridgehead atoms. The van der Waals surface area contributed by atoms with Crippen molar-refractivity contribution in [2.24, 2.45) is 0 Å². The van der Waals surface area contributed by atoms with Gasteiger partial charge in [-0.2, -0.15) is 0 Å². The number of hydrogen-bond donors (Lipinski definition) is 0. The molecule has 3 rings (SSSR count). The molecule has 0 aliphatic carbocycles. The van der Waals surface area contributed by atoms with Crippen molar-refractivity contribution in [2.75, 3.05) is 0 Å². The van der Waals surface area contributed by atoms with E-state index < -0.39 is 4.92 Å². The fraction of sp³-hybridized carbons (Fsp3) is 0.222. The molecule has 0 spiro atoms. The Morgan fingerprint density at radius 2 is 2.04 bits per heavy atom. The lowest BCUT2D eigenvalue weighted by molar-refractivity contribution is -0.402. The second-order valence-electron chi connectivity index (χ2n) is 5.38. The highest BCUT2D eigenvalue weighted by Gasteiger charge is 2.13. The molecule has 1 radical (unpaired) electrons. The number of benzene rings is 1. The molecule has 0 saturated carbocycles. The van der Waals surface area contributed by atoms with Crippen molar-refractivity contribution < 1.29 is 13.7 Å². The smallest absolute Gasteiger partial charge is 0.401 e. The van der Waals surface area contributed by atoms with E-state index in [0.29, 0.717) is 40.9 Å². The van der Waals surface area contributed by atoms with Gasteiger partial charge in [0.25, 0.3) is 0 Å². The fourth-order valence-electron chi connectivity index (χ4n) is 2.74. The molecule has 2 aromatic heterocycles. The number of aryl methyl sites for hydroxylation is 1. The van der Waals surface area contributed by atoms with Crippen LogP contribution in [0.15, 0.2) is 22.6 Å². The lowest BCUT2D eigenvalue weighted by Gasteiger charge is -2.10. The molecular weight excluding hydrogens is 325 g/mol. The van der Waals surface area contributed by atoms with Crippen molar-refractivity contribution in [1.82, 2.24) is 9.97 Å². The quantitative estimate of drug-likeness (QED) is 0.509. The van der Waals surface area contributed by atoms with Crippen molar-refractivity contribution >= 4 is 28.9 Å². The maximum Gasteiger partial charge on any atom is 0.433 e. The van der Waals surface area contributed by atoms with Crippen LogP contribution in [0.2, 0.25) is 0 Å². The molecule has 6 nitrogen and oxygen atoms in total. The monoisotopic (exact) mass is 340 g/mol. The first-order valence-electron chi connectivity index (χ1n) is 7.85. The van der Waals surface area contributed by atoms with Gasteiger partial charge in [-0.05, 0) is 42.2 Å². The summed E-state index contributed by atoms with van der Waals surface area (Å²) in [5, 5.41) is 11.3. The maximum absolute atomic E-state index is 14.3. The van der Waals surface area contributed by atoms with Crippen LogP contribution in [0.5, 0.6) is 0 Å². The first-order chi connectivity index (χ1) is 12.0. The van der Waals surface area contributed by atoms with Crippen LogP contribution < -0.4 is 0 Å². The van der Waals surface area contributed by atoms with Gasteiger partial charge in [0, 0.05) is 11.5 Å². The van der Waals surface area contributed by atoms with Gasteiger partial charge in [-0.1, -0.05) is 13.8 Å². The number of hydrogen-bond acceptors (Lipinski definition) is 5. The molecule has 0 unspecified atom stereocenters. The van der Waals surface area contributed by atoms with Crippen LogP contribution in [0.4, 0.5) is 10.3 Å². The minimum absolute atomic E-state index is 0.282. The molecule has 0 saturated heterocycles. The van der Waals surface area contributed by atoms with Gasteiger partial charge in [0.05, 0.1) is 11.6 Å². The van der Waals surface area contributed by atoms with Gasteiger partial charge in [0.1, 0.15) is 22.7 Å². The molecule has 127 valence electrons. The Morgan fingerprint density at radius 1 is 1.28 bits per heavy atom. The lowest BCUT2D eigenvalue weighted by Crippen LogP contribution is -2.00. The van der Waals surface area contributed by atoms with E-state index in [2.05, 4.69) is 16.2 Å². The molecular formula is C18H15FN3O3. The summed E-state index contributed by atoms with van der Waals surface area (Å²) >= 11 is 0. The number of nitrogens with zero attached hydrogens (tertiary/aromatic N) is 3. The maximum atomic E-state index is 14.3. The zero-order valence-corrected chi connectivity index (χ0v) is 13.7. The van der Waals surface area contributed by atoms with E-state index >= 15 is 0 Å². The van der Waals surface area contributed by atoms with E-state index in [9.17, 15) is 14.5 Å². The van der Waals surface area contributed by atoms with Crippen LogP contribution in [-0.4, -0.2) is 14.9 Å². The molecule has 0 N–H and O–H groups in total. The minimum Gasteiger partial charge on any atom is -0.401 e. The second-order valence-corrected chi connectivity index (χ2v) is 5.38. The van der Waals surface area contributed by atoms with Gasteiger partial charge in [-0.15, -0.1) is 0 Å². The summed E-state index contributed by atoms with van der Waals surface area (Å²) in [5.41, 5.74) is 2.02. The molecule has 0 aliphatic rings. The molecule has 3 aromatic rings. The van der Waals surface area contributed by atoms with Crippen LogP contribution in [0.1, 0.15) is 36.6 Å². The van der Waals surface area contributed by atoms with Gasteiger partial charge in [0.15, 0.2) is 5.82 Å². The van der Waals surface area contributed by atoms with Crippen LogP contribution in [0.25, 0.3) is 23.1 Å². The molecule has 0 amide bonds. The Bertz CT molecular complexity index is 979. The van der Waals surface area contributed by atoms with Gasteiger partial charge in [-0.3, -0.25) is 10.1 Å². The van der Waals surface area contributed by atoms with Crippen molar-refractivity contribution in [3.05, 3.63) is 63.0 Å². The van der Waals surface area contributed by atoms with E-state index in [1.165, 1.54) is 30.4 Å². The zero-order chi connectivity index (χ0) is 18.0. The van der Waals surface area contributed by atoms with Crippen LogP contribution in [0, 0.1) is 22.1 Å². The first kappa shape index (κ1) is 16.8. The summed E-state index contributed by atoms with van der Waals surface area (Å²) in [4.78, 5) is 18.5. The standard InChI is InChI=1S/C18H15FN3O3/c1-3-12-13(4-2)15(19)9-16-14(12)10-20-17(21-16)7-5-11-6-8-18(25-11)22(23)24/h5-9H,3-4H2,1-2H3/b7-5+. The van der Waals surface area contributed by atoms with Gasteiger partial charge >= 0.3 is 5.88 Å². The topological polar surface area (TPSA) is 82.1 Å². The Morgan fingerprint density at radius 3 is 2.68 bits per heavy atom. The highest BCUT2D eigenvalue weighted by Crippen LogP contribution is 2.25. The largest absolute Gasteiger partial charge is 0.433 e. The van der Waals surface area contributed by atoms with E-state index in [1.54, 1.807) is 0 Å². The average molecular weight is 340 g/mol. The first-order valence-corrected chi connectivity index (χ1v) is 7.85. The Labute approximate surface area is 143 Å². The predicted octanol–water partition coefficient (Wildman–Crippen LogP) is 4.37. The van der Waals surface area contributed by atoms with Crippen LogP contribution >= 0.6 is 0 Å². The van der Waals surface area contributed by atoms with Gasteiger partial charge in [-0.25, -0.2) is 14.4 Å². The van der Waals surface area contributed by atoms with Crippen molar-refractivity contribution in [2.45, 2.75) is 26.7 Å². The number of furan rings is 1. The third kappa shape index (κ3) is 3.26. The number of rotatable bonds is 5. The highest BCUT2D eigenvalue weighted by molar-refractivity contribution is 5.83. The normalized spacial score (nSPS) is 11.5. The molecule has 7 heteroatoms. The minimum atomic E-state index is -0.613. The predicted molar refractivity (Wildman–Crippen MR) is 91.4 cm³/mol. The van der Waals surface area contributed by atoms with Crippen molar-refractivity contribution in [3.8, 4) is 0 Å². The van der Waals surface area contributed by atoms with Gasteiger partial charge < -0.3 is 4.42 Å². The molecule has 1 aromatic carbocycles. The summed E-state index contributed by atoms with van der Waals surface area (Å²) in [6.45, 7) is 3.86. The number of fused-ring (bicyclic) bond motifs is 1. The van der Waals surface area contributed by atoms with Crippen molar-refractivity contribution in [1.29, 1.82) is 0 Å². The summed E-state index contributed by atoms with van der Waals surface area (Å²) in [7, 11) is 0. The summed E-state index contributed by atoms with van der Waals surface area (Å²) < 4.78 is 19.3. The van der Waals surface area contributed by atoms with Crippen LogP contribution in [-0.2, 0) is 12.8 Å². The summed E-state index contributed by atoms with van der Waals surface area (Å²) in [6, 6.07) is 4.13. The third-order valence-corrected chi connectivity index (χ3v) is 3.89. The summed E-state index contributed by atoms with van der Waals surface area (Å²) in [5.74, 6) is -0.00246. The molecule has 0 atom stereocenters. The molecule has 0 fully saturated rings. The number of nitro groups is 1. The van der Waals surface area contributed by atoms with E-state index in [1.807, 2.05) is 13.8 Å². The molecule has 2 heterocycles. The van der Waals surface area contributed by atoms with E-state index in [-0.39, 0.29) is 11.7 Å². The van der Waals surface area contributed by atoms with Crippen LogP contribution in [0.3, 0.4) is 0 Å². The lowest BCUT2D eigenvalue weighted by atomic mass is 9.98. The number of aromatic nitrogens is 2. The fourth-order valence-corrected chi connectivity index (χ4v) is 2.74. The second kappa shape index (κ2) is 6.80. The molecule has 0 aliphatic heterocycles. The average Bonchev–Trinajstić information content (AvgIpc) is 3.07. The highest BCUT2D eigenvalue weighted by atomic mass is 19.1. The summed E-state index contributed by atoms with van der Waals surface area (Å²) in [6.07, 6.45) is 7.25. The zero-order valence-electron chi connectivity index (χ0n) is 13.7.